The van der Waals surface area contributed by atoms with Crippen LogP contribution < -0.4 is 0 Å². The molecular formula is C14H23N3O2. The Morgan fingerprint density at radius 3 is 2.63 bits per heavy atom. The van der Waals surface area contributed by atoms with E-state index < -0.39 is 5.97 Å². The van der Waals surface area contributed by atoms with Gasteiger partial charge in [-0.3, -0.25) is 9.69 Å². The molecule has 2 rings (SSSR count). The first-order valence-corrected chi connectivity index (χ1v) is 7.07. The van der Waals surface area contributed by atoms with Gasteiger partial charge in [-0.05, 0) is 39.8 Å². The van der Waals surface area contributed by atoms with Crippen LogP contribution in [0.15, 0.2) is 12.5 Å². The lowest BCUT2D eigenvalue weighted by Gasteiger charge is -2.34. The minimum absolute atomic E-state index is 0.0531. The molecule has 1 atom stereocenters. The molecule has 5 nitrogen and oxygen atoms in total. The van der Waals surface area contributed by atoms with Gasteiger partial charge in [0.2, 0.25) is 0 Å². The highest BCUT2D eigenvalue weighted by Gasteiger charge is 2.27. The highest BCUT2D eigenvalue weighted by Crippen LogP contribution is 2.28. The monoisotopic (exact) mass is 265 g/mol. The lowest BCUT2D eigenvalue weighted by atomic mass is 10.0. The van der Waals surface area contributed by atoms with Gasteiger partial charge >= 0.3 is 5.97 Å². The molecular weight excluding hydrogens is 242 g/mol. The van der Waals surface area contributed by atoms with Gasteiger partial charge in [-0.1, -0.05) is 6.42 Å². The molecule has 1 fully saturated rings. The molecule has 1 aromatic heterocycles. The van der Waals surface area contributed by atoms with Gasteiger partial charge < -0.3 is 9.67 Å². The van der Waals surface area contributed by atoms with E-state index in [2.05, 4.69) is 28.3 Å². The molecule has 0 spiro atoms. The molecule has 0 amide bonds. The van der Waals surface area contributed by atoms with Crippen molar-refractivity contribution in [3.05, 3.63) is 18.2 Å². The van der Waals surface area contributed by atoms with Gasteiger partial charge in [-0.2, -0.15) is 0 Å². The van der Waals surface area contributed by atoms with Crippen LogP contribution in [0.5, 0.6) is 0 Å². The third-order valence-corrected chi connectivity index (χ3v) is 3.79. The second kappa shape index (κ2) is 6.19. The molecule has 5 heteroatoms. The van der Waals surface area contributed by atoms with Crippen LogP contribution in [0.1, 0.15) is 57.3 Å². The van der Waals surface area contributed by atoms with E-state index in [1.807, 2.05) is 6.20 Å². The predicted octanol–water partition coefficient (Wildman–Crippen LogP) is 2.47. The topological polar surface area (TPSA) is 58.4 Å². The predicted molar refractivity (Wildman–Crippen MR) is 73.0 cm³/mol. The van der Waals surface area contributed by atoms with Crippen molar-refractivity contribution in [2.45, 2.75) is 51.6 Å². The maximum absolute atomic E-state index is 11.2. The number of aromatic nitrogens is 2. The lowest BCUT2D eigenvalue weighted by Crippen LogP contribution is -2.36. The third-order valence-electron chi connectivity index (χ3n) is 3.79. The third kappa shape index (κ3) is 3.35. The molecule has 0 saturated carbocycles. The van der Waals surface area contributed by atoms with Crippen molar-refractivity contribution in [1.82, 2.24) is 14.5 Å². The molecule has 1 aliphatic heterocycles. The van der Waals surface area contributed by atoms with E-state index in [-0.39, 0.29) is 12.5 Å². The molecule has 0 bridgehead atoms. The summed E-state index contributed by atoms with van der Waals surface area (Å²) in [6.45, 7) is 6.17. The van der Waals surface area contributed by atoms with E-state index in [0.717, 1.165) is 31.6 Å². The number of carboxylic acids is 1. The number of nitrogens with zero attached hydrogens (tertiary/aromatic N) is 3. The van der Waals surface area contributed by atoms with Crippen molar-refractivity contribution < 1.29 is 9.90 Å². The second-order valence-corrected chi connectivity index (χ2v) is 5.53. The van der Waals surface area contributed by atoms with Crippen LogP contribution in [0.3, 0.4) is 0 Å². The number of aliphatic carboxylic acids is 1. The molecule has 0 aliphatic carbocycles. The first-order chi connectivity index (χ1) is 9.09. The molecule has 0 aromatic carbocycles. The van der Waals surface area contributed by atoms with Crippen LogP contribution >= 0.6 is 0 Å². The number of rotatable bonds is 5. The van der Waals surface area contributed by atoms with Gasteiger partial charge in [0, 0.05) is 12.2 Å². The summed E-state index contributed by atoms with van der Waals surface area (Å²) in [6.07, 6.45) is 7.34. The van der Waals surface area contributed by atoms with E-state index in [0.29, 0.717) is 6.04 Å². The molecule has 106 valence electrons. The quantitative estimate of drug-likeness (QED) is 0.888. The summed E-state index contributed by atoms with van der Waals surface area (Å²) in [5.41, 5.74) is 1.03. The minimum atomic E-state index is -0.743. The molecule has 1 saturated heterocycles. The molecule has 2 heterocycles. The Hall–Kier alpha value is -1.36. The van der Waals surface area contributed by atoms with E-state index in [1.54, 1.807) is 6.33 Å². The summed E-state index contributed by atoms with van der Waals surface area (Å²) in [5.74, 6) is -0.743. The van der Waals surface area contributed by atoms with E-state index in [1.165, 1.54) is 6.42 Å². The zero-order chi connectivity index (χ0) is 13.8. The molecule has 1 aliphatic rings. The van der Waals surface area contributed by atoms with Crippen LogP contribution in [0, 0.1) is 0 Å². The zero-order valence-electron chi connectivity index (χ0n) is 11.7. The first kappa shape index (κ1) is 14.1. The molecule has 1 aromatic rings. The van der Waals surface area contributed by atoms with Crippen molar-refractivity contribution in [2.24, 2.45) is 0 Å². The second-order valence-electron chi connectivity index (χ2n) is 5.53. The highest BCUT2D eigenvalue weighted by atomic mass is 16.4. The Balaban J connectivity index is 2.25. The fourth-order valence-corrected chi connectivity index (χ4v) is 2.82. The van der Waals surface area contributed by atoms with Crippen molar-refractivity contribution in [1.29, 1.82) is 0 Å². The van der Waals surface area contributed by atoms with Gasteiger partial charge in [0.15, 0.2) is 0 Å². The number of piperidine rings is 1. The van der Waals surface area contributed by atoms with Crippen LogP contribution in [0.4, 0.5) is 0 Å². The Morgan fingerprint density at radius 1 is 1.37 bits per heavy atom. The first-order valence-electron chi connectivity index (χ1n) is 7.07. The summed E-state index contributed by atoms with van der Waals surface area (Å²) < 4.78 is 2.09. The number of likely N-dealkylation sites (tertiary alicyclic amines) is 1. The SMILES string of the molecule is CC(C)n1cncc1C(CC(=O)O)N1CCCCC1. The van der Waals surface area contributed by atoms with Gasteiger partial charge in [-0.25, -0.2) is 4.98 Å². The Kier molecular flexibility index (Phi) is 4.58. The summed E-state index contributed by atoms with van der Waals surface area (Å²) in [6, 6.07) is 0.251. The van der Waals surface area contributed by atoms with Crippen LogP contribution in [0.2, 0.25) is 0 Å². The van der Waals surface area contributed by atoms with Crippen molar-refractivity contribution in [3.63, 3.8) is 0 Å². The Bertz CT molecular complexity index is 422. The summed E-state index contributed by atoms with van der Waals surface area (Å²) in [5, 5.41) is 9.19. The van der Waals surface area contributed by atoms with Gasteiger partial charge in [0.05, 0.1) is 24.5 Å². The largest absolute Gasteiger partial charge is 0.481 e. The van der Waals surface area contributed by atoms with Crippen molar-refractivity contribution >= 4 is 5.97 Å². The molecule has 1 unspecified atom stereocenters. The zero-order valence-corrected chi connectivity index (χ0v) is 11.7. The maximum Gasteiger partial charge on any atom is 0.305 e. The van der Waals surface area contributed by atoms with Crippen molar-refractivity contribution in [2.75, 3.05) is 13.1 Å². The average Bonchev–Trinajstić information content (AvgIpc) is 2.86. The number of imidazole rings is 1. The molecule has 19 heavy (non-hydrogen) atoms. The lowest BCUT2D eigenvalue weighted by molar-refractivity contribution is -0.138. The fraction of sp³-hybridized carbons (Fsp3) is 0.714. The van der Waals surface area contributed by atoms with Crippen LogP contribution in [0.25, 0.3) is 0 Å². The average molecular weight is 265 g/mol. The number of hydrogen-bond acceptors (Lipinski definition) is 3. The number of carboxylic acid groups (broad SMARTS) is 1. The van der Waals surface area contributed by atoms with Gasteiger partial charge in [0.1, 0.15) is 0 Å². The summed E-state index contributed by atoms with van der Waals surface area (Å²) >= 11 is 0. The highest BCUT2D eigenvalue weighted by molar-refractivity contribution is 5.67. The normalized spacial score (nSPS) is 18.7. The summed E-state index contributed by atoms with van der Waals surface area (Å²) in [7, 11) is 0. The van der Waals surface area contributed by atoms with Crippen LogP contribution in [-0.4, -0.2) is 38.6 Å². The Labute approximate surface area is 114 Å². The fourth-order valence-electron chi connectivity index (χ4n) is 2.82. The smallest absolute Gasteiger partial charge is 0.305 e. The van der Waals surface area contributed by atoms with Crippen molar-refractivity contribution in [3.8, 4) is 0 Å². The minimum Gasteiger partial charge on any atom is -0.481 e. The van der Waals surface area contributed by atoms with E-state index in [9.17, 15) is 9.90 Å². The van der Waals surface area contributed by atoms with E-state index >= 15 is 0 Å². The summed E-state index contributed by atoms with van der Waals surface area (Å²) in [4.78, 5) is 17.7. The van der Waals surface area contributed by atoms with Gasteiger partial charge in [0.25, 0.3) is 0 Å². The van der Waals surface area contributed by atoms with E-state index in [4.69, 9.17) is 0 Å². The number of carbonyl (C=O) groups is 1. The van der Waals surface area contributed by atoms with Gasteiger partial charge in [-0.15, -0.1) is 0 Å². The number of hydrogen-bond donors (Lipinski definition) is 1. The van der Waals surface area contributed by atoms with Crippen LogP contribution in [-0.2, 0) is 4.79 Å². The standard InChI is InChI=1S/C14H23N3O2/c1-11(2)17-10-15-9-13(17)12(8-14(18)19)16-6-4-3-5-7-16/h9-12H,3-8H2,1-2H3,(H,18,19). The molecule has 1 N–H and O–H groups in total. The molecule has 0 radical (unpaired) electrons. The Morgan fingerprint density at radius 2 is 2.05 bits per heavy atom. The maximum atomic E-state index is 11.2.